The van der Waals surface area contributed by atoms with Gasteiger partial charge in [0.15, 0.2) is 0 Å². The molecule has 0 bridgehead atoms. The van der Waals surface area contributed by atoms with Crippen molar-refractivity contribution in [2.75, 3.05) is 18.1 Å². The van der Waals surface area contributed by atoms with Crippen molar-refractivity contribution in [3.05, 3.63) is 27.9 Å². The first-order valence-corrected chi connectivity index (χ1v) is 6.59. The van der Waals surface area contributed by atoms with Gasteiger partial charge < -0.3 is 9.64 Å². The predicted octanol–water partition coefficient (Wildman–Crippen LogP) is 1.83. The summed E-state index contributed by atoms with van der Waals surface area (Å²) < 4.78 is 5.02. The topological polar surface area (TPSA) is 85.6 Å². The van der Waals surface area contributed by atoms with E-state index in [1.54, 1.807) is 24.9 Å². The highest BCUT2D eigenvalue weighted by Crippen LogP contribution is 2.32. The molecular formula is C13H17N3O4. The van der Waals surface area contributed by atoms with Crippen molar-refractivity contribution in [3.63, 3.8) is 0 Å². The zero-order valence-corrected chi connectivity index (χ0v) is 11.5. The molecule has 0 N–H and O–H groups in total. The number of nitrogens with zero attached hydrogens (tertiary/aromatic N) is 3. The number of ether oxygens (including phenoxy) is 1. The van der Waals surface area contributed by atoms with Crippen molar-refractivity contribution in [2.45, 2.75) is 32.7 Å². The molecule has 0 aromatic carbocycles. The average Bonchev–Trinajstić information content (AvgIpc) is 2.88. The van der Waals surface area contributed by atoms with Crippen molar-refractivity contribution in [1.29, 1.82) is 0 Å². The van der Waals surface area contributed by atoms with Crippen molar-refractivity contribution in [1.82, 2.24) is 4.98 Å². The standard InChI is InChI=1S/C13H17N3O4/c1-3-20-13(17)10-5-4-6-15(10)12-11(16(18)19)7-9(2)8-14-12/h7-8,10H,3-6H2,1-2H3. The van der Waals surface area contributed by atoms with Gasteiger partial charge in [-0.3, -0.25) is 10.1 Å². The summed E-state index contributed by atoms with van der Waals surface area (Å²) >= 11 is 0. The van der Waals surface area contributed by atoms with E-state index in [-0.39, 0.29) is 17.5 Å². The van der Waals surface area contributed by atoms with Crippen LogP contribution in [-0.4, -0.2) is 35.1 Å². The van der Waals surface area contributed by atoms with Crippen LogP contribution >= 0.6 is 0 Å². The molecule has 1 atom stereocenters. The van der Waals surface area contributed by atoms with Gasteiger partial charge in [0.1, 0.15) is 6.04 Å². The smallest absolute Gasteiger partial charge is 0.328 e. The second-order valence-corrected chi connectivity index (χ2v) is 4.72. The molecule has 7 nitrogen and oxygen atoms in total. The van der Waals surface area contributed by atoms with E-state index in [2.05, 4.69) is 4.98 Å². The van der Waals surface area contributed by atoms with Crippen molar-refractivity contribution < 1.29 is 14.5 Å². The molecule has 2 heterocycles. The number of anilines is 1. The first kappa shape index (κ1) is 14.2. The van der Waals surface area contributed by atoms with E-state index in [4.69, 9.17) is 4.74 Å². The molecule has 0 saturated carbocycles. The molecule has 1 aromatic heterocycles. The van der Waals surface area contributed by atoms with Crippen LogP contribution in [0.1, 0.15) is 25.3 Å². The number of hydrogen-bond acceptors (Lipinski definition) is 6. The highest BCUT2D eigenvalue weighted by atomic mass is 16.6. The highest BCUT2D eigenvalue weighted by molar-refractivity contribution is 5.81. The molecule has 1 fully saturated rings. The normalized spacial score (nSPS) is 18.1. The van der Waals surface area contributed by atoms with Crippen molar-refractivity contribution >= 4 is 17.5 Å². The van der Waals surface area contributed by atoms with Crippen LogP contribution in [0.15, 0.2) is 12.3 Å². The quantitative estimate of drug-likeness (QED) is 0.475. The Balaban J connectivity index is 2.35. The minimum absolute atomic E-state index is 0.0683. The summed E-state index contributed by atoms with van der Waals surface area (Å²) in [5, 5.41) is 11.2. The molecule has 2 rings (SSSR count). The Morgan fingerprint density at radius 3 is 3.05 bits per heavy atom. The Labute approximate surface area is 116 Å². The summed E-state index contributed by atoms with van der Waals surface area (Å²) in [5.74, 6) is -0.0992. The SMILES string of the molecule is CCOC(=O)C1CCCN1c1ncc(C)cc1[N+](=O)[O-]. The van der Waals surface area contributed by atoms with Crippen LogP contribution < -0.4 is 4.90 Å². The molecule has 0 radical (unpaired) electrons. The molecular weight excluding hydrogens is 262 g/mol. The molecule has 1 saturated heterocycles. The van der Waals surface area contributed by atoms with Crippen molar-refractivity contribution in [3.8, 4) is 0 Å². The van der Waals surface area contributed by atoms with Crippen LogP contribution in [0.4, 0.5) is 11.5 Å². The van der Waals surface area contributed by atoms with Gasteiger partial charge >= 0.3 is 11.7 Å². The zero-order valence-electron chi connectivity index (χ0n) is 11.5. The summed E-state index contributed by atoms with van der Waals surface area (Å²) in [5.41, 5.74) is 0.647. The Bertz CT molecular complexity index is 532. The van der Waals surface area contributed by atoms with Gasteiger partial charge in [-0.15, -0.1) is 0 Å². The minimum Gasteiger partial charge on any atom is -0.464 e. The monoisotopic (exact) mass is 279 g/mol. The third-order valence-corrected chi connectivity index (χ3v) is 3.26. The van der Waals surface area contributed by atoms with E-state index in [9.17, 15) is 14.9 Å². The third-order valence-electron chi connectivity index (χ3n) is 3.26. The lowest BCUT2D eigenvalue weighted by molar-refractivity contribution is -0.384. The molecule has 0 aliphatic carbocycles. The molecule has 20 heavy (non-hydrogen) atoms. The van der Waals surface area contributed by atoms with Crippen LogP contribution in [0.25, 0.3) is 0 Å². The molecule has 0 spiro atoms. The molecule has 108 valence electrons. The fourth-order valence-corrected chi connectivity index (χ4v) is 2.41. The third kappa shape index (κ3) is 2.71. The fourth-order valence-electron chi connectivity index (χ4n) is 2.41. The minimum atomic E-state index is -0.483. The van der Waals surface area contributed by atoms with E-state index in [0.717, 1.165) is 6.42 Å². The molecule has 1 aromatic rings. The van der Waals surface area contributed by atoms with Crippen molar-refractivity contribution in [2.24, 2.45) is 0 Å². The fraction of sp³-hybridized carbons (Fsp3) is 0.538. The van der Waals surface area contributed by atoms with Gasteiger partial charge in [0.25, 0.3) is 0 Å². The Hall–Kier alpha value is -2.18. The maximum Gasteiger partial charge on any atom is 0.328 e. The maximum atomic E-state index is 11.9. The molecule has 0 amide bonds. The Kier molecular flexibility index (Phi) is 4.16. The highest BCUT2D eigenvalue weighted by Gasteiger charge is 2.36. The van der Waals surface area contributed by atoms with Crippen LogP contribution in [0.5, 0.6) is 0 Å². The van der Waals surface area contributed by atoms with Crippen LogP contribution in [0, 0.1) is 17.0 Å². The number of aromatic nitrogens is 1. The van der Waals surface area contributed by atoms with Gasteiger partial charge in [-0.25, -0.2) is 9.78 Å². The number of nitro groups is 1. The summed E-state index contributed by atoms with van der Waals surface area (Å²) in [4.78, 5) is 28.4. The number of hydrogen-bond donors (Lipinski definition) is 0. The second-order valence-electron chi connectivity index (χ2n) is 4.72. The summed E-state index contributed by atoms with van der Waals surface area (Å²) in [6.07, 6.45) is 2.99. The number of esters is 1. The molecule has 1 aliphatic heterocycles. The molecule has 7 heteroatoms. The zero-order chi connectivity index (χ0) is 14.7. The number of rotatable bonds is 4. The summed E-state index contributed by atoms with van der Waals surface area (Å²) in [6.45, 7) is 4.35. The lowest BCUT2D eigenvalue weighted by atomic mass is 10.2. The van der Waals surface area contributed by atoms with E-state index >= 15 is 0 Å². The van der Waals surface area contributed by atoms with Crippen LogP contribution in [0.3, 0.4) is 0 Å². The predicted molar refractivity (Wildman–Crippen MR) is 72.6 cm³/mol. The van der Waals surface area contributed by atoms with E-state index in [0.29, 0.717) is 25.1 Å². The Morgan fingerprint density at radius 2 is 2.40 bits per heavy atom. The maximum absolute atomic E-state index is 11.9. The number of carbonyl (C=O) groups is 1. The number of aryl methyl sites for hydroxylation is 1. The number of pyridine rings is 1. The summed E-state index contributed by atoms with van der Waals surface area (Å²) in [6, 6.07) is 0.993. The molecule has 1 aliphatic rings. The first-order valence-electron chi connectivity index (χ1n) is 6.59. The van der Waals surface area contributed by atoms with Gasteiger partial charge in [0.05, 0.1) is 11.5 Å². The van der Waals surface area contributed by atoms with E-state index in [1.165, 1.54) is 6.07 Å². The van der Waals surface area contributed by atoms with Gasteiger partial charge in [-0.05, 0) is 32.3 Å². The van der Waals surface area contributed by atoms with Crippen LogP contribution in [-0.2, 0) is 9.53 Å². The Morgan fingerprint density at radius 1 is 1.65 bits per heavy atom. The lowest BCUT2D eigenvalue weighted by Crippen LogP contribution is -2.38. The van der Waals surface area contributed by atoms with Gasteiger partial charge in [0.2, 0.25) is 5.82 Å². The van der Waals surface area contributed by atoms with E-state index < -0.39 is 11.0 Å². The lowest BCUT2D eigenvalue weighted by Gasteiger charge is -2.23. The van der Waals surface area contributed by atoms with Gasteiger partial charge in [-0.1, -0.05) is 0 Å². The number of carbonyl (C=O) groups excluding carboxylic acids is 1. The van der Waals surface area contributed by atoms with Gasteiger partial charge in [0, 0.05) is 18.8 Å². The van der Waals surface area contributed by atoms with Crippen LogP contribution in [0.2, 0.25) is 0 Å². The average molecular weight is 279 g/mol. The largest absolute Gasteiger partial charge is 0.464 e. The van der Waals surface area contributed by atoms with Gasteiger partial charge in [-0.2, -0.15) is 0 Å². The summed E-state index contributed by atoms with van der Waals surface area (Å²) in [7, 11) is 0. The van der Waals surface area contributed by atoms with E-state index in [1.807, 2.05) is 0 Å². The second kappa shape index (κ2) is 5.85. The first-order chi connectivity index (χ1) is 9.54. The molecule has 1 unspecified atom stereocenters.